The normalized spacial score (nSPS) is 21.0. The molecule has 2 fully saturated rings. The second-order valence-corrected chi connectivity index (χ2v) is 19.8. The van der Waals surface area contributed by atoms with Gasteiger partial charge in [0.1, 0.15) is 35.9 Å². The summed E-state index contributed by atoms with van der Waals surface area (Å²) in [6, 6.07) is 12.3. The van der Waals surface area contributed by atoms with E-state index in [4.69, 9.17) is 11.8 Å². The first-order chi connectivity index (χ1) is 34.2. The van der Waals surface area contributed by atoms with Crippen LogP contribution in [-0.2, 0) is 28.8 Å². The van der Waals surface area contributed by atoms with E-state index in [0.717, 1.165) is 11.1 Å². The van der Waals surface area contributed by atoms with Gasteiger partial charge in [0.25, 0.3) is 11.8 Å². The molecule has 0 aliphatic carbocycles. The lowest BCUT2D eigenvalue weighted by atomic mass is 9.97. The van der Waals surface area contributed by atoms with Crippen LogP contribution in [0, 0.1) is 11.8 Å². The van der Waals surface area contributed by atoms with Gasteiger partial charge in [0, 0.05) is 38.3 Å². The third kappa shape index (κ3) is 14.2. The number of hydrogen-bond acceptors (Lipinski definition) is 11. The lowest BCUT2D eigenvalue weighted by Gasteiger charge is -2.32. The highest BCUT2D eigenvalue weighted by molar-refractivity contribution is 6.14. The van der Waals surface area contributed by atoms with Gasteiger partial charge >= 0.3 is 0 Å². The van der Waals surface area contributed by atoms with Crippen molar-refractivity contribution in [1.82, 2.24) is 61.6 Å². The first-order valence-corrected chi connectivity index (χ1v) is 25.2. The Morgan fingerprint density at radius 1 is 0.667 bits per heavy atom. The Morgan fingerprint density at radius 2 is 1.10 bits per heavy atom. The summed E-state index contributed by atoms with van der Waals surface area (Å²) in [6.07, 6.45) is 1.18. The van der Waals surface area contributed by atoms with Gasteiger partial charge in [-0.15, -0.1) is 0 Å². The minimum absolute atomic E-state index is 0.0381. The Morgan fingerprint density at radius 3 is 1.51 bits per heavy atom. The van der Waals surface area contributed by atoms with Crippen LogP contribution in [0.4, 0.5) is 0 Å². The average Bonchev–Trinajstić information content (AvgIpc) is 4.16. The molecule has 2 aromatic carbocycles. The predicted molar refractivity (Wildman–Crippen MR) is 272 cm³/mol. The zero-order valence-electron chi connectivity index (χ0n) is 43.0. The molecule has 3 aromatic rings. The summed E-state index contributed by atoms with van der Waals surface area (Å²) in [6.45, 7) is 14.3. The minimum Gasteiger partial charge on any atom is -0.348 e. The Bertz CT molecular complexity index is 2370. The molecule has 392 valence electrons. The number of halogens is 1. The van der Waals surface area contributed by atoms with Crippen LogP contribution in [-0.4, -0.2) is 147 Å². The number of nitrogens with zero attached hydrogens (tertiary/aromatic N) is 4. The van der Waals surface area contributed by atoms with E-state index < -0.39 is 102 Å². The van der Waals surface area contributed by atoms with Crippen LogP contribution in [0.1, 0.15) is 125 Å². The van der Waals surface area contributed by atoms with Crippen molar-refractivity contribution < 1.29 is 38.4 Å². The molecule has 2 saturated heterocycles. The number of carbonyl (C=O) groups is 8. The summed E-state index contributed by atoms with van der Waals surface area (Å²) in [7, 11) is 3.17. The van der Waals surface area contributed by atoms with Crippen LogP contribution in [0.3, 0.4) is 0 Å². The minimum atomic E-state index is -1.02. The Balaban J connectivity index is 1.33. The molecule has 0 saturated carbocycles. The van der Waals surface area contributed by atoms with E-state index in [0.29, 0.717) is 12.8 Å². The highest BCUT2D eigenvalue weighted by atomic mass is 35.5. The summed E-state index contributed by atoms with van der Waals surface area (Å²) in [5.74, 6) is -4.63. The first-order valence-electron chi connectivity index (χ1n) is 24.8. The second-order valence-electron chi connectivity index (χ2n) is 19.2. The molecule has 20 nitrogen and oxygen atoms in total. The Labute approximate surface area is 427 Å². The topological polar surface area (TPSA) is 259 Å². The molecule has 8 amide bonds. The van der Waals surface area contributed by atoms with Crippen molar-refractivity contribution in [3.05, 3.63) is 89.2 Å². The SMILES string of the molecule is CC[C@H](C)[C@H](NC(=O)[C@H](C)NC)C(=O)N1C[C@@H](NC(=O)c2cc(C(=O)N[C@H]3C[C@@H](C(=O)N[C@H](C)c4ccccc4)N(C(=O)[C@@H](NC(=O)[C@H](C)N(C)Cl)[C@@H](C)CC)C3)n[nH]2)C[C@H]1C(=O)N[C@H](C)c1ccccc1. The fourth-order valence-corrected chi connectivity index (χ4v) is 8.87. The molecule has 0 bridgehead atoms. The predicted octanol–water partition coefficient (Wildman–Crippen LogP) is 2.71. The number of benzene rings is 2. The van der Waals surface area contributed by atoms with E-state index in [1.807, 2.05) is 102 Å². The van der Waals surface area contributed by atoms with E-state index in [9.17, 15) is 38.4 Å². The number of aromatic amines is 1. The zero-order valence-corrected chi connectivity index (χ0v) is 43.7. The van der Waals surface area contributed by atoms with Crippen molar-refractivity contribution in [2.24, 2.45) is 11.8 Å². The van der Waals surface area contributed by atoms with Gasteiger partial charge in [0.15, 0.2) is 5.69 Å². The number of hydrogen-bond donors (Lipinski definition) is 8. The van der Waals surface area contributed by atoms with Crippen molar-refractivity contribution in [1.29, 1.82) is 0 Å². The summed E-state index contributed by atoms with van der Waals surface area (Å²) in [5.41, 5.74) is 1.48. The van der Waals surface area contributed by atoms with Crippen molar-refractivity contribution in [2.75, 3.05) is 27.2 Å². The van der Waals surface area contributed by atoms with Crippen LogP contribution in [0.2, 0.25) is 0 Å². The molecule has 3 heterocycles. The van der Waals surface area contributed by atoms with Gasteiger partial charge in [-0.1, -0.05) is 101 Å². The number of rotatable bonds is 22. The molecule has 1 aromatic heterocycles. The smallest absolute Gasteiger partial charge is 0.272 e. The summed E-state index contributed by atoms with van der Waals surface area (Å²) >= 11 is 6.09. The molecule has 0 radical (unpaired) electrons. The van der Waals surface area contributed by atoms with Crippen LogP contribution < -0.4 is 37.2 Å². The van der Waals surface area contributed by atoms with Gasteiger partial charge in [-0.05, 0) is 82.3 Å². The van der Waals surface area contributed by atoms with Crippen molar-refractivity contribution in [2.45, 2.75) is 141 Å². The Hall–Kier alpha value is -6.38. The largest absolute Gasteiger partial charge is 0.348 e. The molecule has 21 heteroatoms. The van der Waals surface area contributed by atoms with Crippen LogP contribution in [0.5, 0.6) is 0 Å². The molecular weight excluding hydrogens is 944 g/mol. The highest BCUT2D eigenvalue weighted by Crippen LogP contribution is 2.26. The van der Waals surface area contributed by atoms with E-state index >= 15 is 0 Å². The highest BCUT2D eigenvalue weighted by Gasteiger charge is 2.46. The van der Waals surface area contributed by atoms with E-state index in [-0.39, 0.29) is 55.1 Å². The monoisotopic (exact) mass is 1020 g/mol. The zero-order chi connectivity index (χ0) is 53.0. The molecule has 72 heavy (non-hydrogen) atoms. The van der Waals surface area contributed by atoms with Gasteiger partial charge in [0.2, 0.25) is 35.4 Å². The van der Waals surface area contributed by atoms with E-state index in [1.54, 1.807) is 20.9 Å². The molecule has 12 atom stereocenters. The van der Waals surface area contributed by atoms with Crippen molar-refractivity contribution in [3.63, 3.8) is 0 Å². The number of amides is 8. The maximum atomic E-state index is 14.5. The molecule has 8 N–H and O–H groups in total. The van der Waals surface area contributed by atoms with Crippen LogP contribution >= 0.6 is 11.8 Å². The fourth-order valence-electron chi connectivity index (χ4n) is 8.78. The van der Waals surface area contributed by atoms with E-state index in [2.05, 4.69) is 47.4 Å². The third-order valence-corrected chi connectivity index (χ3v) is 14.4. The van der Waals surface area contributed by atoms with Gasteiger partial charge in [0.05, 0.1) is 18.1 Å². The molecule has 5 rings (SSSR count). The first kappa shape index (κ1) is 56.5. The summed E-state index contributed by atoms with van der Waals surface area (Å²) in [4.78, 5) is 114. The summed E-state index contributed by atoms with van der Waals surface area (Å²) < 4.78 is 1.21. The maximum Gasteiger partial charge on any atom is 0.272 e. The molecular formula is C51H73ClN12O8. The number of carbonyl (C=O) groups excluding carboxylic acids is 8. The van der Waals surface area contributed by atoms with Gasteiger partial charge in [-0.3, -0.25) is 43.5 Å². The van der Waals surface area contributed by atoms with Gasteiger partial charge in [-0.2, -0.15) is 5.10 Å². The average molecular weight is 1020 g/mol. The molecule has 0 unspecified atom stereocenters. The van der Waals surface area contributed by atoms with Crippen LogP contribution in [0.25, 0.3) is 0 Å². The maximum absolute atomic E-state index is 14.5. The lowest BCUT2D eigenvalue weighted by molar-refractivity contribution is -0.143. The number of likely N-dealkylation sites (N-methyl/N-ethyl adjacent to an activating group) is 2. The summed E-state index contributed by atoms with van der Waals surface area (Å²) in [5, 5.41) is 27.1. The Kier molecular flexibility index (Phi) is 20.3. The third-order valence-electron chi connectivity index (χ3n) is 14.1. The lowest BCUT2D eigenvalue weighted by Crippen LogP contribution is -2.57. The molecule has 0 spiro atoms. The number of likely N-dealkylation sites (tertiary alicyclic amines) is 2. The van der Waals surface area contributed by atoms with Gasteiger partial charge < -0.3 is 47.0 Å². The van der Waals surface area contributed by atoms with E-state index in [1.165, 1.54) is 27.3 Å². The second kappa shape index (κ2) is 25.8. The molecule has 2 aliphatic heterocycles. The quantitative estimate of drug-likeness (QED) is 0.0679. The number of nitrogens with one attached hydrogen (secondary N) is 8. The van der Waals surface area contributed by atoms with Crippen LogP contribution in [0.15, 0.2) is 66.7 Å². The molecule has 2 aliphatic rings. The van der Waals surface area contributed by atoms with Crippen molar-refractivity contribution in [3.8, 4) is 0 Å². The number of H-pyrrole nitrogens is 1. The fraction of sp³-hybridized carbons (Fsp3) is 0.549. The van der Waals surface area contributed by atoms with Crippen molar-refractivity contribution >= 4 is 59.0 Å². The standard InChI is InChI=1S/C51H73ClN12O8/c1-11-28(3)42(58-44(65)32(7)53-9)50(71)63-26-36(23-40(63)48(69)54-30(5)34-19-15-13-16-20-34)56-46(67)38-25-39(61-60-38)47(68)57-37-24-41(49(70)55-31(6)35-21-17-14-18-22-35)64(27-37)51(72)43(29(4)12-2)59-45(66)33(8)62(10)52/h13-22,25,28-33,36-37,40-43,53H,11-12,23-24,26-27H2,1-10H3,(H,54,69)(H,55,70)(H,56,67)(H,57,68)(H,58,65)(H,59,66)(H,60,61)/t28-,29-,30+,31+,32-,33-,36-,37-,40-,41-,42-,43-/m0/s1. The number of aromatic nitrogens is 2. The van der Waals surface area contributed by atoms with Gasteiger partial charge in [-0.25, -0.2) is 4.42 Å².